The van der Waals surface area contributed by atoms with Crippen molar-refractivity contribution in [3.63, 3.8) is 0 Å². The molecule has 0 aromatic heterocycles. The maximum absolute atomic E-state index is 10.3. The van der Waals surface area contributed by atoms with Crippen LogP contribution in [0.5, 0.6) is 5.75 Å². The fourth-order valence-corrected chi connectivity index (χ4v) is 4.78. The molecule has 0 fully saturated rings. The summed E-state index contributed by atoms with van der Waals surface area (Å²) in [6.07, 6.45) is 8.65. The zero-order chi connectivity index (χ0) is 16.5. The second kappa shape index (κ2) is 6.47. The van der Waals surface area contributed by atoms with Crippen molar-refractivity contribution in [3.05, 3.63) is 71.3 Å². The molecular weight excluding hydrogens is 292 g/mol. The van der Waals surface area contributed by atoms with Crippen LogP contribution in [0.15, 0.2) is 54.6 Å². The highest BCUT2D eigenvalue weighted by atomic mass is 16.3. The Bertz CT molecular complexity index is 758. The number of rotatable bonds is 4. The first-order valence-electron chi connectivity index (χ1n) is 9.34. The van der Waals surface area contributed by atoms with E-state index in [-0.39, 0.29) is 0 Å². The standard InChI is InChI=1S/C23H26O/c1-2-3-8-17-13-16-9-4-5-10-19(16)22-15-18(14-21(17)22)20-11-6-7-12-23(20)24/h4-7,9-12,14,17,21-22,24H,2-3,8,13,15H2,1H3. The molecule has 0 spiro atoms. The molecule has 1 heteroatoms. The molecule has 1 N–H and O–H groups in total. The predicted octanol–water partition coefficient (Wildman–Crippen LogP) is 5.94. The quantitative estimate of drug-likeness (QED) is 0.739. The van der Waals surface area contributed by atoms with Gasteiger partial charge in [-0.15, -0.1) is 0 Å². The summed E-state index contributed by atoms with van der Waals surface area (Å²) in [6, 6.07) is 16.8. The smallest absolute Gasteiger partial charge is 0.123 e. The van der Waals surface area contributed by atoms with Crippen molar-refractivity contribution in [1.29, 1.82) is 0 Å². The van der Waals surface area contributed by atoms with Crippen LogP contribution in [0, 0.1) is 11.8 Å². The van der Waals surface area contributed by atoms with Gasteiger partial charge in [-0.1, -0.05) is 68.3 Å². The molecule has 3 unspecified atom stereocenters. The monoisotopic (exact) mass is 318 g/mol. The van der Waals surface area contributed by atoms with E-state index in [1.54, 1.807) is 11.6 Å². The van der Waals surface area contributed by atoms with E-state index in [9.17, 15) is 5.11 Å². The van der Waals surface area contributed by atoms with Crippen LogP contribution in [-0.4, -0.2) is 5.11 Å². The Labute approximate surface area is 145 Å². The average molecular weight is 318 g/mol. The Morgan fingerprint density at radius 1 is 1.00 bits per heavy atom. The van der Waals surface area contributed by atoms with Crippen LogP contribution in [0.1, 0.15) is 55.2 Å². The molecule has 24 heavy (non-hydrogen) atoms. The lowest BCUT2D eigenvalue weighted by atomic mass is 9.69. The van der Waals surface area contributed by atoms with Gasteiger partial charge in [-0.2, -0.15) is 0 Å². The molecule has 0 radical (unpaired) electrons. The summed E-state index contributed by atoms with van der Waals surface area (Å²) in [5, 5.41) is 10.3. The number of fused-ring (bicyclic) bond motifs is 3. The Morgan fingerprint density at radius 2 is 1.79 bits per heavy atom. The van der Waals surface area contributed by atoms with Gasteiger partial charge in [-0.3, -0.25) is 0 Å². The van der Waals surface area contributed by atoms with E-state index in [2.05, 4.69) is 43.3 Å². The number of hydrogen-bond donors (Lipinski definition) is 1. The summed E-state index contributed by atoms with van der Waals surface area (Å²) < 4.78 is 0. The first kappa shape index (κ1) is 15.5. The second-order valence-corrected chi connectivity index (χ2v) is 7.40. The largest absolute Gasteiger partial charge is 0.507 e. The Kier molecular flexibility index (Phi) is 4.18. The number of phenols is 1. The fourth-order valence-electron chi connectivity index (χ4n) is 4.78. The van der Waals surface area contributed by atoms with Crippen LogP contribution in [-0.2, 0) is 6.42 Å². The molecule has 2 aliphatic carbocycles. The number of para-hydroxylation sites is 1. The SMILES string of the molecule is CCCCC1Cc2ccccc2C2CC(c3ccccc3O)=CC12. The van der Waals surface area contributed by atoms with Crippen molar-refractivity contribution in [2.24, 2.45) is 11.8 Å². The second-order valence-electron chi connectivity index (χ2n) is 7.40. The molecule has 2 aliphatic rings. The van der Waals surface area contributed by atoms with Gasteiger partial charge < -0.3 is 5.11 Å². The number of unbranched alkanes of at least 4 members (excludes halogenated alkanes) is 1. The molecule has 0 heterocycles. The first-order valence-corrected chi connectivity index (χ1v) is 9.34. The number of aromatic hydroxyl groups is 1. The van der Waals surface area contributed by atoms with Crippen LogP contribution >= 0.6 is 0 Å². The van der Waals surface area contributed by atoms with Gasteiger partial charge >= 0.3 is 0 Å². The van der Waals surface area contributed by atoms with Gasteiger partial charge in [0.05, 0.1) is 0 Å². The Morgan fingerprint density at radius 3 is 2.62 bits per heavy atom. The topological polar surface area (TPSA) is 20.2 Å². The average Bonchev–Trinajstić information content (AvgIpc) is 3.05. The summed E-state index contributed by atoms with van der Waals surface area (Å²) in [5.41, 5.74) is 5.45. The minimum Gasteiger partial charge on any atom is -0.507 e. The lowest BCUT2D eigenvalue weighted by molar-refractivity contribution is 0.302. The zero-order valence-electron chi connectivity index (χ0n) is 14.4. The lowest BCUT2D eigenvalue weighted by Crippen LogP contribution is -2.26. The molecule has 4 rings (SSSR count). The molecule has 3 atom stereocenters. The van der Waals surface area contributed by atoms with E-state index >= 15 is 0 Å². The summed E-state index contributed by atoms with van der Waals surface area (Å²) >= 11 is 0. The van der Waals surface area contributed by atoms with E-state index in [4.69, 9.17) is 0 Å². The third-order valence-corrected chi connectivity index (χ3v) is 5.96. The molecule has 0 aliphatic heterocycles. The Balaban J connectivity index is 1.71. The van der Waals surface area contributed by atoms with Crippen LogP contribution in [0.25, 0.3) is 5.57 Å². The molecule has 2 aromatic carbocycles. The van der Waals surface area contributed by atoms with E-state index in [1.165, 1.54) is 36.8 Å². The van der Waals surface area contributed by atoms with Crippen molar-refractivity contribution in [2.75, 3.05) is 0 Å². The fraction of sp³-hybridized carbons (Fsp3) is 0.391. The minimum atomic E-state index is 0.417. The van der Waals surface area contributed by atoms with Gasteiger partial charge in [0, 0.05) is 5.56 Å². The maximum Gasteiger partial charge on any atom is 0.123 e. The van der Waals surface area contributed by atoms with Crippen LogP contribution in [0.3, 0.4) is 0 Å². The van der Waals surface area contributed by atoms with Gasteiger partial charge in [-0.05, 0) is 59.8 Å². The van der Waals surface area contributed by atoms with Crippen LogP contribution < -0.4 is 0 Å². The minimum absolute atomic E-state index is 0.417. The molecule has 2 aromatic rings. The number of hydrogen-bond acceptors (Lipinski definition) is 1. The zero-order valence-corrected chi connectivity index (χ0v) is 14.4. The summed E-state index contributed by atoms with van der Waals surface area (Å²) in [6.45, 7) is 2.28. The molecule has 0 bridgehead atoms. The van der Waals surface area contributed by atoms with Gasteiger partial charge in [0.15, 0.2) is 0 Å². The summed E-state index contributed by atoms with van der Waals surface area (Å²) in [7, 11) is 0. The molecular formula is C23H26O. The van der Waals surface area contributed by atoms with E-state index in [0.29, 0.717) is 17.6 Å². The van der Waals surface area contributed by atoms with Crippen LogP contribution in [0.4, 0.5) is 0 Å². The van der Waals surface area contributed by atoms with Gasteiger partial charge in [0.2, 0.25) is 0 Å². The summed E-state index contributed by atoms with van der Waals surface area (Å²) in [4.78, 5) is 0. The van der Waals surface area contributed by atoms with Gasteiger partial charge in [0.25, 0.3) is 0 Å². The van der Waals surface area contributed by atoms with Crippen molar-refractivity contribution in [2.45, 2.75) is 44.9 Å². The highest BCUT2D eigenvalue weighted by Crippen LogP contribution is 2.52. The van der Waals surface area contributed by atoms with Crippen molar-refractivity contribution >= 4 is 5.57 Å². The maximum atomic E-state index is 10.3. The molecule has 124 valence electrons. The molecule has 0 saturated heterocycles. The van der Waals surface area contributed by atoms with Crippen LogP contribution in [0.2, 0.25) is 0 Å². The first-order chi connectivity index (χ1) is 11.8. The van der Waals surface area contributed by atoms with E-state index < -0.39 is 0 Å². The number of allylic oxidation sites excluding steroid dienone is 2. The van der Waals surface area contributed by atoms with Crippen molar-refractivity contribution in [1.82, 2.24) is 0 Å². The molecule has 1 nitrogen and oxygen atoms in total. The lowest BCUT2D eigenvalue weighted by Gasteiger charge is -2.35. The highest BCUT2D eigenvalue weighted by molar-refractivity contribution is 5.73. The molecule has 0 amide bonds. The third kappa shape index (κ3) is 2.66. The van der Waals surface area contributed by atoms with Gasteiger partial charge in [-0.25, -0.2) is 0 Å². The van der Waals surface area contributed by atoms with Crippen molar-refractivity contribution in [3.8, 4) is 5.75 Å². The third-order valence-electron chi connectivity index (χ3n) is 5.96. The highest BCUT2D eigenvalue weighted by Gasteiger charge is 2.39. The Hall–Kier alpha value is -2.02. The number of phenolic OH excluding ortho intramolecular Hbond substituents is 1. The van der Waals surface area contributed by atoms with Gasteiger partial charge in [0.1, 0.15) is 5.75 Å². The molecule has 0 saturated carbocycles. The normalized spacial score (nSPS) is 25.0. The predicted molar refractivity (Wildman–Crippen MR) is 100 cm³/mol. The van der Waals surface area contributed by atoms with E-state index in [0.717, 1.165) is 17.9 Å². The summed E-state index contributed by atoms with van der Waals surface area (Å²) in [5.74, 6) is 2.38. The van der Waals surface area contributed by atoms with E-state index in [1.807, 2.05) is 12.1 Å². The van der Waals surface area contributed by atoms with Crippen molar-refractivity contribution < 1.29 is 5.11 Å². The number of benzene rings is 2.